The zero-order valence-corrected chi connectivity index (χ0v) is 9.53. The van der Waals surface area contributed by atoms with Crippen LogP contribution >= 0.6 is 0 Å². The van der Waals surface area contributed by atoms with Crippen LogP contribution in [0.15, 0.2) is 34.7 Å². The first-order valence-corrected chi connectivity index (χ1v) is 5.68. The lowest BCUT2D eigenvalue weighted by molar-refractivity contribution is -0.129. The Hall–Kier alpha value is -1.90. The molecule has 86 valence electrons. The van der Waals surface area contributed by atoms with E-state index >= 15 is 0 Å². The van der Waals surface area contributed by atoms with Gasteiger partial charge >= 0.3 is 0 Å². The van der Waals surface area contributed by atoms with E-state index in [2.05, 4.69) is 0 Å². The van der Waals surface area contributed by atoms with Crippen molar-refractivity contribution in [2.75, 3.05) is 0 Å². The normalized spacial score (nSPS) is 19.1. The lowest BCUT2D eigenvalue weighted by Crippen LogP contribution is -2.33. The molecule has 0 amide bonds. The Labute approximate surface area is 98.4 Å². The molecule has 0 atom stereocenters. The fraction of sp³-hybridized carbons (Fsp3) is 0.286. The number of carbonyl (C=O) groups is 2. The smallest absolute Gasteiger partial charge is 0.154 e. The number of carbonyl (C=O) groups excluding carboxylic acids is 2. The number of benzene rings is 1. The van der Waals surface area contributed by atoms with Gasteiger partial charge in [-0.1, -0.05) is 18.2 Å². The number of hydrogen-bond acceptors (Lipinski definition) is 3. The molecule has 3 heteroatoms. The Morgan fingerprint density at radius 2 is 1.76 bits per heavy atom. The molecule has 2 aromatic rings. The van der Waals surface area contributed by atoms with Crippen LogP contribution in [0.2, 0.25) is 0 Å². The predicted molar refractivity (Wildman–Crippen MR) is 62.8 cm³/mol. The van der Waals surface area contributed by atoms with Crippen LogP contribution in [0.4, 0.5) is 0 Å². The van der Waals surface area contributed by atoms with E-state index in [0.717, 1.165) is 11.0 Å². The van der Waals surface area contributed by atoms with Crippen LogP contribution in [0, 0.1) is 0 Å². The van der Waals surface area contributed by atoms with E-state index in [9.17, 15) is 9.59 Å². The van der Waals surface area contributed by atoms with Crippen molar-refractivity contribution < 1.29 is 14.0 Å². The summed E-state index contributed by atoms with van der Waals surface area (Å²) >= 11 is 0. The molecule has 1 saturated carbocycles. The van der Waals surface area contributed by atoms with Gasteiger partial charge in [-0.25, -0.2) is 0 Å². The summed E-state index contributed by atoms with van der Waals surface area (Å²) in [6.07, 6.45) is 0.652. The van der Waals surface area contributed by atoms with Crippen LogP contribution in [-0.4, -0.2) is 11.6 Å². The summed E-state index contributed by atoms with van der Waals surface area (Å²) in [4.78, 5) is 23.8. The monoisotopic (exact) mass is 228 g/mol. The third-order valence-electron chi connectivity index (χ3n) is 3.61. The number of Topliss-reactive ketones (excluding diaryl/α,β-unsaturated/α-hetero) is 2. The number of fused-ring (bicyclic) bond motifs is 1. The summed E-state index contributed by atoms with van der Waals surface area (Å²) in [6, 6.07) is 9.33. The maximum Gasteiger partial charge on any atom is 0.154 e. The van der Waals surface area contributed by atoms with Crippen molar-refractivity contribution in [2.24, 2.45) is 0 Å². The molecule has 1 heterocycles. The summed E-state index contributed by atoms with van der Waals surface area (Å²) in [5.74, 6) is 0.398. The summed E-state index contributed by atoms with van der Waals surface area (Å²) < 4.78 is 5.65. The second kappa shape index (κ2) is 3.29. The maximum absolute atomic E-state index is 11.9. The number of ketones is 2. The van der Waals surface area contributed by atoms with Crippen LogP contribution in [0.25, 0.3) is 11.0 Å². The fourth-order valence-corrected chi connectivity index (χ4v) is 2.39. The zero-order valence-electron chi connectivity index (χ0n) is 9.53. The van der Waals surface area contributed by atoms with Gasteiger partial charge in [0.25, 0.3) is 0 Å². The van der Waals surface area contributed by atoms with Gasteiger partial charge in [0, 0.05) is 18.2 Å². The van der Waals surface area contributed by atoms with Crippen molar-refractivity contribution in [1.29, 1.82) is 0 Å². The molecule has 1 aliphatic carbocycles. The van der Waals surface area contributed by atoms with Crippen molar-refractivity contribution >= 4 is 22.5 Å². The van der Waals surface area contributed by atoms with E-state index < -0.39 is 5.41 Å². The number of rotatable bonds is 1. The molecule has 0 spiro atoms. The van der Waals surface area contributed by atoms with Crippen LogP contribution in [0.3, 0.4) is 0 Å². The highest BCUT2D eigenvalue weighted by molar-refractivity contribution is 6.17. The fourth-order valence-electron chi connectivity index (χ4n) is 2.39. The third kappa shape index (κ3) is 1.28. The Kier molecular flexibility index (Phi) is 1.99. The molecule has 0 bridgehead atoms. The highest BCUT2D eigenvalue weighted by Crippen LogP contribution is 2.37. The van der Waals surface area contributed by atoms with Gasteiger partial charge in [-0.15, -0.1) is 0 Å². The molecule has 0 aliphatic heterocycles. The number of para-hydroxylation sites is 1. The van der Waals surface area contributed by atoms with Gasteiger partial charge in [0.2, 0.25) is 0 Å². The Balaban J connectivity index is 2.21. The SMILES string of the molecule is CC1(c2cc3ccccc3o2)C(=O)CCC1=O. The molecule has 0 unspecified atom stereocenters. The maximum atomic E-state index is 11.9. The van der Waals surface area contributed by atoms with Gasteiger partial charge in [-0.2, -0.15) is 0 Å². The second-order valence-electron chi connectivity index (χ2n) is 4.62. The first kappa shape index (κ1) is 10.3. The molecule has 0 saturated heterocycles. The Bertz CT molecular complexity index is 572. The molecule has 1 fully saturated rings. The lowest BCUT2D eigenvalue weighted by atomic mass is 9.84. The van der Waals surface area contributed by atoms with Crippen LogP contribution in [0.5, 0.6) is 0 Å². The minimum absolute atomic E-state index is 0.0402. The summed E-state index contributed by atoms with van der Waals surface area (Å²) in [5, 5.41) is 0.927. The van der Waals surface area contributed by atoms with Crippen molar-refractivity contribution in [1.82, 2.24) is 0 Å². The molecule has 1 aromatic heterocycles. The molecule has 1 aromatic carbocycles. The summed E-state index contributed by atoms with van der Waals surface area (Å²) in [6.45, 7) is 1.67. The minimum Gasteiger partial charge on any atom is -0.460 e. The largest absolute Gasteiger partial charge is 0.460 e. The second-order valence-corrected chi connectivity index (χ2v) is 4.62. The topological polar surface area (TPSA) is 47.3 Å². The summed E-state index contributed by atoms with van der Waals surface area (Å²) in [5.41, 5.74) is -0.352. The summed E-state index contributed by atoms with van der Waals surface area (Å²) in [7, 11) is 0. The number of furan rings is 1. The molecule has 17 heavy (non-hydrogen) atoms. The average molecular weight is 228 g/mol. The van der Waals surface area contributed by atoms with Crippen LogP contribution in [0.1, 0.15) is 25.5 Å². The molecule has 3 nitrogen and oxygen atoms in total. The van der Waals surface area contributed by atoms with Crippen molar-refractivity contribution in [3.8, 4) is 0 Å². The molecule has 0 radical (unpaired) electrons. The van der Waals surface area contributed by atoms with Crippen LogP contribution < -0.4 is 0 Å². The van der Waals surface area contributed by atoms with Crippen molar-refractivity contribution in [3.05, 3.63) is 36.1 Å². The standard InChI is InChI=1S/C14H12O3/c1-14(11(15)6-7-12(14)16)13-8-9-4-2-3-5-10(9)17-13/h2-5,8H,6-7H2,1H3. The Morgan fingerprint density at radius 3 is 2.41 bits per heavy atom. The molecular weight excluding hydrogens is 216 g/mol. The molecular formula is C14H12O3. The third-order valence-corrected chi connectivity index (χ3v) is 3.61. The zero-order chi connectivity index (χ0) is 12.0. The highest BCUT2D eigenvalue weighted by Gasteiger charge is 2.49. The first-order valence-electron chi connectivity index (χ1n) is 5.68. The highest BCUT2D eigenvalue weighted by atomic mass is 16.3. The van der Waals surface area contributed by atoms with Gasteiger partial charge in [-0.3, -0.25) is 9.59 Å². The minimum atomic E-state index is -1.07. The average Bonchev–Trinajstić information content (AvgIpc) is 2.87. The van der Waals surface area contributed by atoms with E-state index in [1.165, 1.54) is 0 Å². The van der Waals surface area contributed by atoms with Gasteiger partial charge in [0.05, 0.1) is 0 Å². The first-order chi connectivity index (χ1) is 8.12. The quantitative estimate of drug-likeness (QED) is 0.705. The van der Waals surface area contributed by atoms with E-state index in [0.29, 0.717) is 18.6 Å². The Morgan fingerprint density at radius 1 is 1.12 bits per heavy atom. The molecule has 0 N–H and O–H groups in total. The lowest BCUT2D eigenvalue weighted by Gasteiger charge is -2.16. The van der Waals surface area contributed by atoms with Gasteiger partial charge < -0.3 is 4.42 Å². The molecule has 3 rings (SSSR count). The van der Waals surface area contributed by atoms with Gasteiger partial charge in [0.1, 0.15) is 16.8 Å². The van der Waals surface area contributed by atoms with E-state index in [4.69, 9.17) is 4.42 Å². The van der Waals surface area contributed by atoms with Crippen molar-refractivity contribution in [3.63, 3.8) is 0 Å². The predicted octanol–water partition coefficient (Wildman–Crippen LogP) is 2.62. The van der Waals surface area contributed by atoms with E-state index in [1.807, 2.05) is 24.3 Å². The van der Waals surface area contributed by atoms with Gasteiger partial charge in [-0.05, 0) is 19.1 Å². The van der Waals surface area contributed by atoms with Crippen LogP contribution in [-0.2, 0) is 15.0 Å². The molecule has 1 aliphatic rings. The van der Waals surface area contributed by atoms with E-state index in [-0.39, 0.29) is 11.6 Å². The van der Waals surface area contributed by atoms with Gasteiger partial charge in [0.15, 0.2) is 11.6 Å². The van der Waals surface area contributed by atoms with E-state index in [1.54, 1.807) is 13.0 Å². The van der Waals surface area contributed by atoms with Crippen molar-refractivity contribution in [2.45, 2.75) is 25.2 Å². The number of hydrogen-bond donors (Lipinski definition) is 0.